The van der Waals surface area contributed by atoms with E-state index in [4.69, 9.17) is 4.98 Å². The van der Waals surface area contributed by atoms with E-state index in [1.807, 2.05) is 40.9 Å². The Morgan fingerprint density at radius 1 is 1.04 bits per heavy atom. The molecule has 0 unspecified atom stereocenters. The molecule has 4 heteroatoms. The largest absolute Gasteiger partial charge is 0.310 e. The maximum atomic E-state index is 12.4. The number of nitrogens with one attached hydrogen (secondary N) is 1. The number of anilines is 1. The van der Waals surface area contributed by atoms with Crippen LogP contribution in [0.15, 0.2) is 66.9 Å². The monoisotopic (exact) mass is 343 g/mol. The van der Waals surface area contributed by atoms with Gasteiger partial charge < -0.3 is 5.32 Å². The molecule has 0 radical (unpaired) electrons. The molecule has 2 aromatic carbocycles. The zero-order chi connectivity index (χ0) is 17.9. The van der Waals surface area contributed by atoms with Crippen LogP contribution in [0.4, 0.5) is 5.82 Å². The maximum absolute atomic E-state index is 12.4. The summed E-state index contributed by atoms with van der Waals surface area (Å²) in [6, 6.07) is 20.4. The molecule has 0 spiro atoms. The van der Waals surface area contributed by atoms with Crippen molar-refractivity contribution in [2.24, 2.45) is 0 Å². The highest BCUT2D eigenvalue weighted by atomic mass is 16.1. The Morgan fingerprint density at radius 3 is 2.69 bits per heavy atom. The zero-order valence-electron chi connectivity index (χ0n) is 14.8. The van der Waals surface area contributed by atoms with Gasteiger partial charge in [0.1, 0.15) is 17.2 Å². The number of benzene rings is 2. The maximum Gasteiger partial charge on any atom is 0.225 e. The predicted molar refractivity (Wildman–Crippen MR) is 106 cm³/mol. The number of hydrogen-bond acceptors (Lipinski definition) is 2. The molecule has 0 saturated heterocycles. The lowest BCUT2D eigenvalue weighted by Crippen LogP contribution is -2.13. The van der Waals surface area contributed by atoms with E-state index < -0.39 is 0 Å². The molecule has 2 heterocycles. The first-order valence-corrected chi connectivity index (χ1v) is 9.02. The number of imidazole rings is 1. The van der Waals surface area contributed by atoms with Gasteiger partial charge in [-0.1, -0.05) is 55.8 Å². The van der Waals surface area contributed by atoms with Gasteiger partial charge >= 0.3 is 0 Å². The number of amides is 1. The van der Waals surface area contributed by atoms with Crippen LogP contribution in [0.2, 0.25) is 0 Å². The number of hydrogen-bond donors (Lipinski definition) is 1. The van der Waals surface area contributed by atoms with Crippen molar-refractivity contribution in [2.45, 2.75) is 26.2 Å². The van der Waals surface area contributed by atoms with E-state index >= 15 is 0 Å². The highest BCUT2D eigenvalue weighted by Gasteiger charge is 2.16. The van der Waals surface area contributed by atoms with Crippen molar-refractivity contribution < 1.29 is 4.79 Å². The highest BCUT2D eigenvalue weighted by molar-refractivity contribution is 5.96. The summed E-state index contributed by atoms with van der Waals surface area (Å²) in [6.45, 7) is 2.09. The topological polar surface area (TPSA) is 46.4 Å². The van der Waals surface area contributed by atoms with Crippen LogP contribution in [0.5, 0.6) is 0 Å². The summed E-state index contributed by atoms with van der Waals surface area (Å²) < 4.78 is 1.94. The summed E-state index contributed by atoms with van der Waals surface area (Å²) in [5.41, 5.74) is 2.62. The molecule has 0 fully saturated rings. The van der Waals surface area contributed by atoms with Gasteiger partial charge in [-0.25, -0.2) is 4.98 Å². The Balaban J connectivity index is 1.82. The molecule has 4 nitrogen and oxygen atoms in total. The smallest absolute Gasteiger partial charge is 0.225 e. The van der Waals surface area contributed by atoms with E-state index in [1.54, 1.807) is 0 Å². The third kappa shape index (κ3) is 3.06. The molecule has 26 heavy (non-hydrogen) atoms. The number of fused-ring (bicyclic) bond motifs is 2. The van der Waals surface area contributed by atoms with E-state index in [0.717, 1.165) is 41.0 Å². The lowest BCUT2D eigenvalue weighted by molar-refractivity contribution is -0.116. The fourth-order valence-corrected chi connectivity index (χ4v) is 3.19. The Labute approximate surface area is 152 Å². The Bertz CT molecular complexity index is 1080. The number of carbonyl (C=O) groups excluding carboxylic acids is 1. The molecule has 0 bridgehead atoms. The van der Waals surface area contributed by atoms with Crippen LogP contribution in [-0.2, 0) is 4.79 Å². The first kappa shape index (κ1) is 16.3. The van der Waals surface area contributed by atoms with Gasteiger partial charge in [-0.05, 0) is 35.4 Å². The fraction of sp³-hybridized carbons (Fsp3) is 0.182. The SMILES string of the molecule is CCCCC(=O)Nc1c(-c2ccc3ccccc3c2)nc2ccccn12. The number of aromatic nitrogens is 2. The minimum Gasteiger partial charge on any atom is -0.310 e. The molecular formula is C22H21N3O. The number of nitrogens with zero attached hydrogens (tertiary/aromatic N) is 2. The summed E-state index contributed by atoms with van der Waals surface area (Å²) in [5, 5.41) is 5.42. The number of carbonyl (C=O) groups is 1. The molecule has 1 amide bonds. The van der Waals surface area contributed by atoms with E-state index in [9.17, 15) is 4.79 Å². The number of pyridine rings is 1. The van der Waals surface area contributed by atoms with Crippen LogP contribution in [0.25, 0.3) is 27.7 Å². The fourth-order valence-electron chi connectivity index (χ4n) is 3.19. The molecule has 0 saturated carbocycles. The van der Waals surface area contributed by atoms with Crippen molar-refractivity contribution in [3.63, 3.8) is 0 Å². The molecule has 4 aromatic rings. The Kier molecular flexibility index (Phi) is 4.40. The van der Waals surface area contributed by atoms with Crippen LogP contribution in [0.1, 0.15) is 26.2 Å². The van der Waals surface area contributed by atoms with Gasteiger partial charge in [0.05, 0.1) is 0 Å². The van der Waals surface area contributed by atoms with Crippen molar-refractivity contribution in [3.05, 3.63) is 66.9 Å². The summed E-state index contributed by atoms with van der Waals surface area (Å²) in [7, 11) is 0. The van der Waals surface area contributed by atoms with Crippen molar-refractivity contribution in [1.29, 1.82) is 0 Å². The average Bonchev–Trinajstić information content (AvgIpc) is 3.04. The minimum atomic E-state index is 0.0274. The molecule has 4 rings (SSSR count). The quantitative estimate of drug-likeness (QED) is 0.535. The van der Waals surface area contributed by atoms with E-state index in [2.05, 4.69) is 42.6 Å². The third-order valence-electron chi connectivity index (χ3n) is 4.57. The van der Waals surface area contributed by atoms with Gasteiger partial charge in [-0.2, -0.15) is 0 Å². The van der Waals surface area contributed by atoms with E-state index in [0.29, 0.717) is 6.42 Å². The standard InChI is InChI=1S/C22H21N3O/c1-2-3-11-20(26)24-22-21(23-19-10-6-7-14-25(19)22)18-13-12-16-8-4-5-9-17(16)15-18/h4-10,12-15H,2-3,11H2,1H3,(H,24,26). The van der Waals surface area contributed by atoms with E-state index in [-0.39, 0.29) is 5.91 Å². The molecule has 2 aromatic heterocycles. The first-order chi connectivity index (χ1) is 12.8. The van der Waals surface area contributed by atoms with Gasteiger partial charge in [0, 0.05) is 18.2 Å². The van der Waals surface area contributed by atoms with Gasteiger partial charge in [0.2, 0.25) is 5.91 Å². The second kappa shape index (κ2) is 7.00. The minimum absolute atomic E-state index is 0.0274. The van der Waals surface area contributed by atoms with Crippen molar-refractivity contribution in [1.82, 2.24) is 9.38 Å². The van der Waals surface area contributed by atoms with Gasteiger partial charge in [-0.15, -0.1) is 0 Å². The summed E-state index contributed by atoms with van der Waals surface area (Å²) in [6.07, 6.45) is 4.34. The van der Waals surface area contributed by atoms with Crippen LogP contribution in [0, 0.1) is 0 Å². The Hall–Kier alpha value is -3.14. The van der Waals surface area contributed by atoms with Crippen molar-refractivity contribution in [3.8, 4) is 11.3 Å². The van der Waals surface area contributed by atoms with Gasteiger partial charge in [-0.3, -0.25) is 9.20 Å². The number of rotatable bonds is 5. The highest BCUT2D eigenvalue weighted by Crippen LogP contribution is 2.31. The summed E-state index contributed by atoms with van der Waals surface area (Å²) in [5.74, 6) is 0.761. The lowest BCUT2D eigenvalue weighted by atomic mass is 10.1. The molecule has 0 aliphatic heterocycles. The van der Waals surface area contributed by atoms with Crippen LogP contribution >= 0.6 is 0 Å². The molecule has 0 aliphatic rings. The number of unbranched alkanes of at least 4 members (excludes halogenated alkanes) is 1. The van der Waals surface area contributed by atoms with Crippen LogP contribution in [0.3, 0.4) is 0 Å². The summed E-state index contributed by atoms with van der Waals surface area (Å²) >= 11 is 0. The van der Waals surface area contributed by atoms with Crippen LogP contribution < -0.4 is 5.32 Å². The third-order valence-corrected chi connectivity index (χ3v) is 4.57. The second-order valence-corrected chi connectivity index (χ2v) is 6.45. The van der Waals surface area contributed by atoms with Crippen molar-refractivity contribution in [2.75, 3.05) is 5.32 Å². The molecule has 1 N–H and O–H groups in total. The van der Waals surface area contributed by atoms with Gasteiger partial charge in [0.25, 0.3) is 0 Å². The zero-order valence-corrected chi connectivity index (χ0v) is 14.8. The average molecular weight is 343 g/mol. The molecule has 130 valence electrons. The molecular weight excluding hydrogens is 322 g/mol. The lowest BCUT2D eigenvalue weighted by Gasteiger charge is -2.08. The predicted octanol–water partition coefficient (Wildman–Crippen LogP) is 5.28. The van der Waals surface area contributed by atoms with Crippen LogP contribution in [-0.4, -0.2) is 15.3 Å². The van der Waals surface area contributed by atoms with E-state index in [1.165, 1.54) is 5.39 Å². The Morgan fingerprint density at radius 2 is 1.85 bits per heavy atom. The summed E-state index contributed by atoms with van der Waals surface area (Å²) in [4.78, 5) is 17.1. The normalized spacial score (nSPS) is 11.1. The molecule has 0 aliphatic carbocycles. The second-order valence-electron chi connectivity index (χ2n) is 6.45. The molecule has 0 atom stereocenters. The van der Waals surface area contributed by atoms with Crippen molar-refractivity contribution >= 4 is 28.1 Å². The first-order valence-electron chi connectivity index (χ1n) is 9.02. The van der Waals surface area contributed by atoms with Gasteiger partial charge in [0.15, 0.2) is 0 Å².